The smallest absolute Gasteiger partial charge is 0.244 e. The van der Waals surface area contributed by atoms with E-state index in [0.29, 0.717) is 11.6 Å². The van der Waals surface area contributed by atoms with Crippen molar-refractivity contribution in [2.24, 2.45) is 5.41 Å². The molecule has 2 N–H and O–H groups in total. The van der Waals surface area contributed by atoms with Crippen LogP contribution in [0.25, 0.3) is 0 Å². The number of thioether (sulfide) groups is 1. The van der Waals surface area contributed by atoms with E-state index >= 15 is 0 Å². The van der Waals surface area contributed by atoms with E-state index in [-0.39, 0.29) is 17.2 Å². The summed E-state index contributed by atoms with van der Waals surface area (Å²) < 4.78 is 0. The highest BCUT2D eigenvalue weighted by atomic mass is 32.2. The van der Waals surface area contributed by atoms with Crippen molar-refractivity contribution in [3.63, 3.8) is 0 Å². The van der Waals surface area contributed by atoms with Crippen LogP contribution in [0, 0.1) is 12.3 Å². The van der Waals surface area contributed by atoms with Gasteiger partial charge in [-0.25, -0.2) is 4.98 Å². The molecule has 3 rings (SSSR count). The zero-order chi connectivity index (χ0) is 22.4. The summed E-state index contributed by atoms with van der Waals surface area (Å²) in [6.07, 6.45) is 0.454. The number of benzene rings is 2. The maximum Gasteiger partial charge on any atom is 0.244 e. The van der Waals surface area contributed by atoms with Gasteiger partial charge in [0.25, 0.3) is 0 Å². The van der Waals surface area contributed by atoms with Crippen molar-refractivity contribution < 1.29 is 9.59 Å². The van der Waals surface area contributed by atoms with E-state index in [1.54, 1.807) is 0 Å². The fourth-order valence-corrected chi connectivity index (χ4v) is 4.64. The van der Waals surface area contributed by atoms with Gasteiger partial charge in [-0.2, -0.15) is 0 Å². The average molecular weight is 454 g/mol. The number of anilines is 2. The van der Waals surface area contributed by atoms with Gasteiger partial charge < -0.3 is 10.6 Å². The number of carbonyl (C=O) groups excluding carboxylic acids is 2. The molecule has 0 aliphatic rings. The number of carbonyl (C=O) groups is 2. The molecular formula is C24H27N3O2S2. The second-order valence-corrected chi connectivity index (χ2v) is 10.5. The summed E-state index contributed by atoms with van der Waals surface area (Å²) in [4.78, 5) is 30.5. The van der Waals surface area contributed by atoms with E-state index in [1.165, 1.54) is 23.1 Å². The van der Waals surface area contributed by atoms with Crippen LogP contribution in [0.3, 0.4) is 0 Å². The third kappa shape index (κ3) is 7.22. The topological polar surface area (TPSA) is 71.1 Å². The first-order valence-electron chi connectivity index (χ1n) is 10.0. The Bertz CT molecular complexity index is 1020. The van der Waals surface area contributed by atoms with E-state index in [2.05, 4.69) is 15.6 Å². The number of nitrogens with zero attached hydrogens (tertiary/aromatic N) is 1. The van der Waals surface area contributed by atoms with Crippen LogP contribution < -0.4 is 10.6 Å². The standard InChI is InChI=1S/C24H27N3O2S2/c1-16-15-30-23(25-16)27-22(29)21(17-8-6-5-7-9-17)31-19-12-10-18(11-13-19)26-20(28)14-24(2,3)4/h5-13,15,21H,14H2,1-4H3,(H,26,28)(H,25,27,29). The Balaban J connectivity index is 1.72. The molecule has 5 nitrogen and oxygen atoms in total. The lowest BCUT2D eigenvalue weighted by atomic mass is 9.92. The van der Waals surface area contributed by atoms with Gasteiger partial charge in [0, 0.05) is 22.4 Å². The van der Waals surface area contributed by atoms with Gasteiger partial charge in [-0.3, -0.25) is 9.59 Å². The summed E-state index contributed by atoms with van der Waals surface area (Å²) in [6, 6.07) is 17.3. The third-order valence-electron chi connectivity index (χ3n) is 4.27. The minimum absolute atomic E-state index is 0.00631. The molecule has 0 bridgehead atoms. The van der Waals surface area contributed by atoms with Crippen LogP contribution >= 0.6 is 23.1 Å². The Labute approximate surface area is 191 Å². The van der Waals surface area contributed by atoms with Crippen molar-refractivity contribution in [1.82, 2.24) is 4.98 Å². The van der Waals surface area contributed by atoms with Crippen molar-refractivity contribution in [3.8, 4) is 0 Å². The molecule has 31 heavy (non-hydrogen) atoms. The van der Waals surface area contributed by atoms with Crippen molar-refractivity contribution in [2.45, 2.75) is 44.3 Å². The molecule has 0 spiro atoms. The monoisotopic (exact) mass is 453 g/mol. The zero-order valence-corrected chi connectivity index (χ0v) is 19.8. The van der Waals surface area contributed by atoms with E-state index in [9.17, 15) is 9.59 Å². The number of thiazole rings is 1. The van der Waals surface area contributed by atoms with Gasteiger partial charge in [0.1, 0.15) is 5.25 Å². The number of amides is 2. The molecule has 1 atom stereocenters. The second-order valence-electron chi connectivity index (χ2n) is 8.50. The van der Waals surface area contributed by atoms with E-state index in [4.69, 9.17) is 0 Å². The predicted molar refractivity (Wildman–Crippen MR) is 130 cm³/mol. The average Bonchev–Trinajstić information content (AvgIpc) is 3.11. The van der Waals surface area contributed by atoms with Crippen molar-refractivity contribution >= 4 is 45.7 Å². The van der Waals surface area contributed by atoms with Crippen LogP contribution in [0.5, 0.6) is 0 Å². The highest BCUT2D eigenvalue weighted by Crippen LogP contribution is 2.37. The van der Waals surface area contributed by atoms with Crippen LogP contribution in [0.4, 0.5) is 10.8 Å². The predicted octanol–water partition coefficient (Wildman–Crippen LogP) is 6.30. The molecule has 1 unspecified atom stereocenters. The minimum atomic E-state index is -0.424. The number of aryl methyl sites for hydroxylation is 1. The van der Waals surface area contributed by atoms with E-state index in [1.807, 2.05) is 87.7 Å². The molecule has 7 heteroatoms. The van der Waals surface area contributed by atoms with Gasteiger partial charge >= 0.3 is 0 Å². The Hall–Kier alpha value is -2.64. The second kappa shape index (κ2) is 10.1. The van der Waals surface area contributed by atoms with Gasteiger partial charge in [0.15, 0.2) is 5.13 Å². The molecular weight excluding hydrogens is 426 g/mol. The number of rotatable bonds is 7. The quantitative estimate of drug-likeness (QED) is 0.412. The van der Waals surface area contributed by atoms with E-state index < -0.39 is 5.25 Å². The first kappa shape index (κ1) is 23.0. The molecule has 1 heterocycles. The summed E-state index contributed by atoms with van der Waals surface area (Å²) in [6.45, 7) is 8.01. The Kier molecular flexibility index (Phi) is 7.51. The maximum absolute atomic E-state index is 13.0. The van der Waals surface area contributed by atoms with Crippen LogP contribution in [-0.4, -0.2) is 16.8 Å². The van der Waals surface area contributed by atoms with Gasteiger partial charge in [-0.05, 0) is 42.2 Å². The molecule has 0 saturated heterocycles. The lowest BCUT2D eigenvalue weighted by molar-refractivity contribution is -0.118. The molecule has 0 aliphatic carbocycles. The maximum atomic E-state index is 13.0. The molecule has 2 amide bonds. The number of hydrogen-bond donors (Lipinski definition) is 2. The van der Waals surface area contributed by atoms with Gasteiger partial charge in [0.05, 0.1) is 5.69 Å². The Morgan fingerprint density at radius 3 is 2.29 bits per heavy atom. The normalized spacial score (nSPS) is 12.3. The first-order valence-corrected chi connectivity index (χ1v) is 11.8. The largest absolute Gasteiger partial charge is 0.326 e. The summed E-state index contributed by atoms with van der Waals surface area (Å²) in [5.41, 5.74) is 2.48. The molecule has 0 radical (unpaired) electrons. The van der Waals surface area contributed by atoms with Crippen LogP contribution in [0.15, 0.2) is 64.9 Å². The number of aromatic nitrogens is 1. The highest BCUT2D eigenvalue weighted by Gasteiger charge is 2.23. The summed E-state index contributed by atoms with van der Waals surface area (Å²) in [5, 5.41) is 7.95. The summed E-state index contributed by atoms with van der Waals surface area (Å²) >= 11 is 2.88. The third-order valence-corrected chi connectivity index (χ3v) is 6.41. The Morgan fingerprint density at radius 1 is 1.03 bits per heavy atom. The molecule has 2 aromatic carbocycles. The molecule has 3 aromatic rings. The van der Waals surface area contributed by atoms with Crippen LogP contribution in [-0.2, 0) is 9.59 Å². The zero-order valence-electron chi connectivity index (χ0n) is 18.1. The number of nitrogens with one attached hydrogen (secondary N) is 2. The molecule has 0 fully saturated rings. The molecule has 1 aromatic heterocycles. The lowest BCUT2D eigenvalue weighted by Gasteiger charge is -2.18. The van der Waals surface area contributed by atoms with Crippen molar-refractivity contribution in [3.05, 3.63) is 71.2 Å². The summed E-state index contributed by atoms with van der Waals surface area (Å²) in [5.74, 6) is -0.124. The fourth-order valence-electron chi connectivity index (χ4n) is 2.92. The highest BCUT2D eigenvalue weighted by molar-refractivity contribution is 8.00. The molecule has 162 valence electrons. The number of hydrogen-bond acceptors (Lipinski definition) is 5. The van der Waals surface area contributed by atoms with Crippen molar-refractivity contribution in [1.29, 1.82) is 0 Å². The SMILES string of the molecule is Cc1csc(NC(=O)C(Sc2ccc(NC(=O)CC(C)(C)C)cc2)c2ccccc2)n1. The van der Waals surface area contributed by atoms with Gasteiger partial charge in [-0.1, -0.05) is 51.1 Å². The fraction of sp³-hybridized carbons (Fsp3) is 0.292. The van der Waals surface area contributed by atoms with Crippen LogP contribution in [0.2, 0.25) is 0 Å². The Morgan fingerprint density at radius 2 is 1.71 bits per heavy atom. The lowest BCUT2D eigenvalue weighted by Crippen LogP contribution is -2.19. The molecule has 0 aliphatic heterocycles. The van der Waals surface area contributed by atoms with Gasteiger partial charge in [-0.15, -0.1) is 23.1 Å². The summed E-state index contributed by atoms with van der Waals surface area (Å²) in [7, 11) is 0. The van der Waals surface area contributed by atoms with E-state index in [0.717, 1.165) is 21.8 Å². The van der Waals surface area contributed by atoms with Gasteiger partial charge in [0.2, 0.25) is 11.8 Å². The van der Waals surface area contributed by atoms with Crippen molar-refractivity contribution in [2.75, 3.05) is 10.6 Å². The first-order chi connectivity index (χ1) is 14.7. The molecule has 0 saturated carbocycles. The van der Waals surface area contributed by atoms with Crippen LogP contribution in [0.1, 0.15) is 43.7 Å². The minimum Gasteiger partial charge on any atom is -0.326 e.